The highest BCUT2D eigenvalue weighted by molar-refractivity contribution is 7.90. The Morgan fingerprint density at radius 3 is 2.24 bits per heavy atom. The van der Waals surface area contributed by atoms with Gasteiger partial charge in [-0.2, -0.15) is 0 Å². The van der Waals surface area contributed by atoms with Gasteiger partial charge in [-0.1, -0.05) is 32.3 Å². The first-order chi connectivity index (χ1) is 12.0. The number of carbonyl (C=O) groups excluding carboxylic acids is 1. The third kappa shape index (κ3) is 4.35. The summed E-state index contributed by atoms with van der Waals surface area (Å²) in [6.07, 6.45) is 9.76. The Hall–Kier alpha value is -1.56. The van der Waals surface area contributed by atoms with Gasteiger partial charge in [-0.05, 0) is 67.2 Å². The predicted octanol–water partition coefficient (Wildman–Crippen LogP) is 3.70. The lowest BCUT2D eigenvalue weighted by Crippen LogP contribution is -2.36. The summed E-state index contributed by atoms with van der Waals surface area (Å²) in [6, 6.07) is 1.67. The minimum Gasteiger partial charge on any atom is -0.307 e. The molecule has 2 aliphatic rings. The zero-order valence-corrected chi connectivity index (χ0v) is 15.8. The standard InChI is InChI=1S/C19H28N2O3S/c1-2-3-4-5-12-25(23,24)21-19(22)20-18-16-10-6-8-14(16)13-15-9-7-11-17(15)18/h13H,2-12H2,1H3,(H2,20,21,22). The molecule has 0 atom stereocenters. The second-order valence-electron chi connectivity index (χ2n) is 7.17. The lowest BCUT2D eigenvalue weighted by Gasteiger charge is -2.16. The third-order valence-corrected chi connectivity index (χ3v) is 6.55. The van der Waals surface area contributed by atoms with E-state index in [-0.39, 0.29) is 5.75 Å². The molecule has 1 aromatic carbocycles. The number of benzene rings is 1. The highest BCUT2D eigenvalue weighted by Gasteiger charge is 2.25. The molecular weight excluding hydrogens is 336 g/mol. The van der Waals surface area contributed by atoms with Crippen LogP contribution in [0.2, 0.25) is 0 Å². The Balaban J connectivity index is 1.68. The van der Waals surface area contributed by atoms with E-state index in [2.05, 4.69) is 23.0 Å². The highest BCUT2D eigenvalue weighted by atomic mass is 32.2. The zero-order chi connectivity index (χ0) is 17.9. The Morgan fingerprint density at radius 1 is 1.00 bits per heavy atom. The Morgan fingerprint density at radius 2 is 1.64 bits per heavy atom. The van der Waals surface area contributed by atoms with Crippen LogP contribution in [0.5, 0.6) is 0 Å². The second kappa shape index (κ2) is 7.77. The molecule has 6 heteroatoms. The van der Waals surface area contributed by atoms with Crippen LogP contribution in [0.3, 0.4) is 0 Å². The van der Waals surface area contributed by atoms with E-state index in [1.54, 1.807) is 0 Å². The number of nitrogens with one attached hydrogen (secondary N) is 2. The Bertz CT molecular complexity index is 724. The number of rotatable bonds is 7. The van der Waals surface area contributed by atoms with Crippen LogP contribution in [0.15, 0.2) is 6.07 Å². The van der Waals surface area contributed by atoms with E-state index in [4.69, 9.17) is 0 Å². The van der Waals surface area contributed by atoms with Crippen molar-refractivity contribution in [1.82, 2.24) is 4.72 Å². The average molecular weight is 365 g/mol. The van der Waals surface area contributed by atoms with Gasteiger partial charge in [0.15, 0.2) is 0 Å². The average Bonchev–Trinajstić information content (AvgIpc) is 3.19. The van der Waals surface area contributed by atoms with Crippen molar-refractivity contribution in [3.8, 4) is 0 Å². The largest absolute Gasteiger partial charge is 0.332 e. The van der Waals surface area contributed by atoms with Crippen molar-refractivity contribution in [1.29, 1.82) is 0 Å². The third-order valence-electron chi connectivity index (χ3n) is 5.23. The smallest absolute Gasteiger partial charge is 0.307 e. The molecule has 2 amide bonds. The van der Waals surface area contributed by atoms with Crippen molar-refractivity contribution >= 4 is 21.7 Å². The van der Waals surface area contributed by atoms with Gasteiger partial charge in [0.05, 0.1) is 5.75 Å². The number of urea groups is 1. The van der Waals surface area contributed by atoms with E-state index in [1.165, 1.54) is 22.3 Å². The molecule has 0 saturated carbocycles. The number of amides is 2. The monoisotopic (exact) mass is 364 g/mol. The summed E-state index contributed by atoms with van der Waals surface area (Å²) in [7, 11) is -3.57. The fourth-order valence-corrected chi connectivity index (χ4v) is 5.04. The van der Waals surface area contributed by atoms with Gasteiger partial charge in [0.2, 0.25) is 10.0 Å². The van der Waals surface area contributed by atoms with Crippen LogP contribution >= 0.6 is 0 Å². The van der Waals surface area contributed by atoms with Gasteiger partial charge < -0.3 is 5.32 Å². The molecule has 5 nitrogen and oxygen atoms in total. The second-order valence-corrected chi connectivity index (χ2v) is 9.01. The fourth-order valence-electron chi connectivity index (χ4n) is 4.02. The number of hydrogen-bond acceptors (Lipinski definition) is 3. The van der Waals surface area contributed by atoms with Crippen LogP contribution in [0, 0.1) is 0 Å². The molecule has 0 spiro atoms. The van der Waals surface area contributed by atoms with Gasteiger partial charge >= 0.3 is 6.03 Å². The predicted molar refractivity (Wildman–Crippen MR) is 101 cm³/mol. The van der Waals surface area contributed by atoms with Gasteiger partial charge in [0.1, 0.15) is 0 Å². The van der Waals surface area contributed by atoms with Crippen molar-refractivity contribution in [3.05, 3.63) is 28.3 Å². The van der Waals surface area contributed by atoms with E-state index in [0.717, 1.165) is 63.5 Å². The lowest BCUT2D eigenvalue weighted by molar-refractivity contribution is 0.256. The summed E-state index contributed by atoms with van der Waals surface area (Å²) in [6.45, 7) is 2.08. The SMILES string of the molecule is CCCCCCS(=O)(=O)NC(=O)Nc1c2c(cc3c1CCC3)CCC2. The number of carbonyl (C=O) groups is 1. The van der Waals surface area contributed by atoms with E-state index in [0.29, 0.717) is 6.42 Å². The number of anilines is 1. The van der Waals surface area contributed by atoms with Crippen LogP contribution in [0.25, 0.3) is 0 Å². The van der Waals surface area contributed by atoms with Crippen LogP contribution in [-0.2, 0) is 35.7 Å². The highest BCUT2D eigenvalue weighted by Crippen LogP contribution is 2.38. The maximum atomic E-state index is 12.3. The number of aryl methyl sites for hydroxylation is 2. The van der Waals surface area contributed by atoms with E-state index >= 15 is 0 Å². The van der Waals surface area contributed by atoms with Gasteiger partial charge in [-0.15, -0.1) is 0 Å². The molecule has 138 valence electrons. The molecular formula is C19H28N2O3S. The maximum Gasteiger partial charge on any atom is 0.332 e. The summed E-state index contributed by atoms with van der Waals surface area (Å²) in [5, 5.41) is 2.87. The van der Waals surface area contributed by atoms with Crippen LogP contribution in [-0.4, -0.2) is 20.2 Å². The molecule has 2 aliphatic carbocycles. The van der Waals surface area contributed by atoms with Gasteiger partial charge in [0.25, 0.3) is 0 Å². The van der Waals surface area contributed by atoms with Gasteiger partial charge in [-0.3, -0.25) is 0 Å². The summed E-state index contributed by atoms with van der Waals surface area (Å²) < 4.78 is 26.4. The molecule has 0 saturated heterocycles. The molecule has 0 heterocycles. The van der Waals surface area contributed by atoms with Crippen molar-refractivity contribution in [2.45, 2.75) is 71.1 Å². The first-order valence-corrected chi connectivity index (χ1v) is 11.1. The minimum atomic E-state index is -3.57. The molecule has 0 radical (unpaired) electrons. The fraction of sp³-hybridized carbons (Fsp3) is 0.632. The number of fused-ring (bicyclic) bond motifs is 2. The first-order valence-electron chi connectivity index (χ1n) is 9.48. The summed E-state index contributed by atoms with van der Waals surface area (Å²) >= 11 is 0. The minimum absolute atomic E-state index is 0.00538. The molecule has 1 aromatic rings. The quantitative estimate of drug-likeness (QED) is 0.725. The molecule has 0 bridgehead atoms. The lowest BCUT2D eigenvalue weighted by atomic mass is 9.99. The summed E-state index contributed by atoms with van der Waals surface area (Å²) in [5.41, 5.74) is 5.92. The van der Waals surface area contributed by atoms with E-state index in [1.807, 2.05) is 0 Å². The van der Waals surface area contributed by atoms with Crippen molar-refractivity contribution in [2.75, 3.05) is 11.1 Å². The van der Waals surface area contributed by atoms with Crippen molar-refractivity contribution in [2.24, 2.45) is 0 Å². The first kappa shape index (κ1) is 18.2. The maximum absolute atomic E-state index is 12.3. The van der Waals surface area contributed by atoms with E-state index < -0.39 is 16.1 Å². The number of sulfonamides is 1. The van der Waals surface area contributed by atoms with Crippen molar-refractivity contribution < 1.29 is 13.2 Å². The van der Waals surface area contributed by atoms with Crippen LogP contribution < -0.4 is 10.0 Å². The van der Waals surface area contributed by atoms with Crippen LogP contribution in [0.4, 0.5) is 10.5 Å². The molecule has 0 fully saturated rings. The van der Waals surface area contributed by atoms with Gasteiger partial charge in [-0.25, -0.2) is 17.9 Å². The molecule has 3 rings (SSSR count). The Labute approximate surface area is 150 Å². The molecule has 25 heavy (non-hydrogen) atoms. The topological polar surface area (TPSA) is 75.3 Å². The summed E-state index contributed by atoms with van der Waals surface area (Å²) in [4.78, 5) is 12.3. The van der Waals surface area contributed by atoms with Crippen LogP contribution in [0.1, 0.15) is 67.7 Å². The summed E-state index contributed by atoms with van der Waals surface area (Å²) in [5.74, 6) is 0.00538. The number of unbranched alkanes of at least 4 members (excludes halogenated alkanes) is 3. The molecule has 0 aromatic heterocycles. The molecule has 2 N–H and O–H groups in total. The van der Waals surface area contributed by atoms with Crippen molar-refractivity contribution in [3.63, 3.8) is 0 Å². The number of hydrogen-bond donors (Lipinski definition) is 2. The molecule has 0 unspecified atom stereocenters. The normalized spacial score (nSPS) is 15.7. The van der Waals surface area contributed by atoms with Gasteiger partial charge in [0, 0.05) is 5.69 Å². The van der Waals surface area contributed by atoms with E-state index in [9.17, 15) is 13.2 Å². The Kier molecular flexibility index (Phi) is 5.67. The zero-order valence-electron chi connectivity index (χ0n) is 15.0. The molecule has 0 aliphatic heterocycles.